The highest BCUT2D eigenvalue weighted by Gasteiger charge is 2.16. The smallest absolute Gasteiger partial charge is 0.0496 e. The van der Waals surface area contributed by atoms with E-state index in [2.05, 4.69) is 6.92 Å². The van der Waals surface area contributed by atoms with E-state index >= 15 is 0 Å². The van der Waals surface area contributed by atoms with Crippen molar-refractivity contribution in [3.8, 4) is 0 Å². The number of rotatable bonds is 1. The molecule has 1 fully saturated rings. The lowest BCUT2D eigenvalue weighted by Gasteiger charge is -2.24. The second-order valence-corrected chi connectivity index (χ2v) is 2.84. The van der Waals surface area contributed by atoms with E-state index in [0.717, 1.165) is 13.2 Å². The van der Waals surface area contributed by atoms with Crippen LogP contribution in [0.1, 0.15) is 19.8 Å². The predicted octanol–water partition coefficient (Wildman–Crippen LogP) is 1.76. The molecule has 0 amide bonds. The Labute approximate surface area is 57.4 Å². The Kier molecular flexibility index (Phi) is 2.52. The van der Waals surface area contributed by atoms with Crippen molar-refractivity contribution in [2.75, 3.05) is 13.2 Å². The summed E-state index contributed by atoms with van der Waals surface area (Å²) >= 11 is 0. The van der Waals surface area contributed by atoms with Gasteiger partial charge in [0.15, 0.2) is 0 Å². The quantitative estimate of drug-likeness (QED) is 0.520. The van der Waals surface area contributed by atoms with Gasteiger partial charge >= 0.3 is 0 Å². The topological polar surface area (TPSA) is 9.23 Å². The van der Waals surface area contributed by atoms with Crippen molar-refractivity contribution in [3.63, 3.8) is 0 Å². The van der Waals surface area contributed by atoms with E-state index in [4.69, 9.17) is 11.7 Å². The maximum atomic E-state index is 5.69. The lowest BCUT2D eigenvalue weighted by atomic mass is 9.91. The predicted molar refractivity (Wildman–Crippen MR) is 37.0 cm³/mol. The number of hydrogen-bond acceptors (Lipinski definition) is 1. The molecule has 1 aliphatic heterocycles. The third-order valence-corrected chi connectivity index (χ3v) is 1.94. The second-order valence-electron chi connectivity index (χ2n) is 2.84. The van der Waals surface area contributed by atoms with E-state index in [1.165, 1.54) is 12.8 Å². The molecule has 1 aliphatic rings. The molecule has 0 spiro atoms. The Hall–Kier alpha value is -0.0400. The molecule has 2 atom stereocenters. The van der Waals surface area contributed by atoms with Crippen LogP contribution in [0.15, 0.2) is 0 Å². The molecule has 0 saturated carbocycles. The molecule has 2 unspecified atom stereocenters. The molecule has 1 saturated heterocycles. The Morgan fingerprint density at radius 3 is 2.78 bits per heavy atom. The van der Waals surface area contributed by atoms with Crippen molar-refractivity contribution in [2.24, 2.45) is 11.8 Å². The van der Waals surface area contributed by atoms with E-state index < -0.39 is 0 Å². The highest BCUT2D eigenvalue weighted by Crippen LogP contribution is 2.20. The van der Waals surface area contributed by atoms with Crippen molar-refractivity contribution >= 4 is 0 Å². The van der Waals surface area contributed by atoms with Crippen molar-refractivity contribution in [2.45, 2.75) is 19.8 Å². The van der Waals surface area contributed by atoms with E-state index in [9.17, 15) is 0 Å². The third-order valence-electron chi connectivity index (χ3n) is 1.94. The summed E-state index contributed by atoms with van der Waals surface area (Å²) in [6.07, 6.45) is 2.43. The van der Waals surface area contributed by atoms with Crippen LogP contribution in [0.2, 0.25) is 0 Å². The molecule has 1 heteroatoms. The molecule has 1 nitrogen and oxygen atoms in total. The highest BCUT2D eigenvalue weighted by atomic mass is 16.5. The molecular weight excluding hydrogens is 112 g/mol. The van der Waals surface area contributed by atoms with E-state index in [1.54, 1.807) is 0 Å². The van der Waals surface area contributed by atoms with E-state index in [-0.39, 0.29) is 0 Å². The van der Waals surface area contributed by atoms with Crippen LogP contribution in [0.5, 0.6) is 0 Å². The van der Waals surface area contributed by atoms with Gasteiger partial charge in [0.1, 0.15) is 0 Å². The van der Waals surface area contributed by atoms with Crippen LogP contribution in [-0.4, -0.2) is 13.2 Å². The van der Waals surface area contributed by atoms with Crippen LogP contribution >= 0.6 is 0 Å². The summed E-state index contributed by atoms with van der Waals surface area (Å²) in [5.41, 5.74) is 0. The lowest BCUT2D eigenvalue weighted by molar-refractivity contribution is 0.0414. The van der Waals surface area contributed by atoms with Crippen molar-refractivity contribution in [1.29, 1.82) is 0 Å². The molecule has 0 aromatic heterocycles. The van der Waals surface area contributed by atoms with Crippen LogP contribution in [0.4, 0.5) is 0 Å². The fraction of sp³-hybridized carbons (Fsp3) is 0.875. The fourth-order valence-electron chi connectivity index (χ4n) is 1.18. The highest BCUT2D eigenvalue weighted by molar-refractivity contribution is 4.70. The maximum absolute atomic E-state index is 5.69. The van der Waals surface area contributed by atoms with Gasteiger partial charge in [0.2, 0.25) is 0 Å². The van der Waals surface area contributed by atoms with Crippen LogP contribution in [0, 0.1) is 18.8 Å². The zero-order valence-electron chi connectivity index (χ0n) is 5.97. The first-order chi connectivity index (χ1) is 4.30. The summed E-state index contributed by atoms with van der Waals surface area (Å²) in [5.74, 6) is 0.920. The molecule has 9 heavy (non-hydrogen) atoms. The molecular formula is C8H14O. The number of hydrogen-bond donors (Lipinski definition) is 0. The van der Waals surface area contributed by atoms with Crippen LogP contribution in [0.25, 0.3) is 0 Å². The summed E-state index contributed by atoms with van der Waals surface area (Å²) in [5, 5.41) is 0. The molecule has 2 radical (unpaired) electrons. The van der Waals surface area contributed by atoms with Gasteiger partial charge in [0, 0.05) is 13.2 Å². The van der Waals surface area contributed by atoms with Gasteiger partial charge in [-0.15, -0.1) is 0 Å². The summed E-state index contributed by atoms with van der Waals surface area (Å²) in [4.78, 5) is 0. The van der Waals surface area contributed by atoms with Crippen molar-refractivity contribution < 1.29 is 4.74 Å². The largest absolute Gasteiger partial charge is 0.381 e. The van der Waals surface area contributed by atoms with E-state index in [0.29, 0.717) is 11.8 Å². The first-order valence-corrected chi connectivity index (χ1v) is 3.64. The van der Waals surface area contributed by atoms with E-state index in [1.807, 2.05) is 0 Å². The summed E-state index contributed by atoms with van der Waals surface area (Å²) in [7, 11) is 0. The first-order valence-electron chi connectivity index (χ1n) is 3.64. The molecule has 0 aliphatic carbocycles. The standard InChI is InChI=1S/C8H14O/c1-7(2)8-4-3-5-9-6-8/h1,7-8H,3-6H2,2H3. The molecule has 0 aromatic carbocycles. The average Bonchev–Trinajstić information content (AvgIpc) is 1.90. The minimum Gasteiger partial charge on any atom is -0.381 e. The Morgan fingerprint density at radius 2 is 2.44 bits per heavy atom. The Morgan fingerprint density at radius 1 is 1.67 bits per heavy atom. The van der Waals surface area contributed by atoms with Crippen LogP contribution in [0.3, 0.4) is 0 Å². The Bertz CT molecular complexity index is 72.6. The zero-order chi connectivity index (χ0) is 6.69. The molecule has 1 rings (SSSR count). The fourth-order valence-corrected chi connectivity index (χ4v) is 1.18. The summed E-state index contributed by atoms with van der Waals surface area (Å²) in [6, 6.07) is 0. The van der Waals surface area contributed by atoms with Gasteiger partial charge in [-0.25, -0.2) is 0 Å². The van der Waals surface area contributed by atoms with Gasteiger partial charge in [-0.05, 0) is 31.6 Å². The minimum absolute atomic E-state index is 0.310. The summed E-state index contributed by atoms with van der Waals surface area (Å²) < 4.78 is 5.26. The second kappa shape index (κ2) is 3.21. The van der Waals surface area contributed by atoms with Gasteiger partial charge in [-0.2, -0.15) is 0 Å². The normalized spacial score (nSPS) is 29.0. The maximum Gasteiger partial charge on any atom is 0.0496 e. The lowest BCUT2D eigenvalue weighted by Crippen LogP contribution is -2.21. The SMILES string of the molecule is [CH]C(C)C1CCCOC1. The monoisotopic (exact) mass is 126 g/mol. The van der Waals surface area contributed by atoms with Crippen molar-refractivity contribution in [3.05, 3.63) is 6.92 Å². The number of ether oxygens (including phenoxy) is 1. The van der Waals surface area contributed by atoms with Gasteiger partial charge in [0.25, 0.3) is 0 Å². The molecule has 0 aromatic rings. The van der Waals surface area contributed by atoms with Crippen LogP contribution in [-0.2, 0) is 4.74 Å². The molecule has 0 N–H and O–H groups in total. The van der Waals surface area contributed by atoms with Crippen molar-refractivity contribution in [1.82, 2.24) is 0 Å². The first kappa shape index (κ1) is 7.07. The average molecular weight is 126 g/mol. The van der Waals surface area contributed by atoms with Gasteiger partial charge in [0.05, 0.1) is 0 Å². The third kappa shape index (κ3) is 1.98. The molecule has 0 bridgehead atoms. The van der Waals surface area contributed by atoms with Gasteiger partial charge in [-0.1, -0.05) is 6.92 Å². The minimum atomic E-state index is 0.310. The van der Waals surface area contributed by atoms with Gasteiger partial charge < -0.3 is 4.74 Å². The van der Waals surface area contributed by atoms with Gasteiger partial charge in [-0.3, -0.25) is 0 Å². The van der Waals surface area contributed by atoms with Crippen LogP contribution < -0.4 is 0 Å². The summed E-state index contributed by atoms with van der Waals surface area (Å²) in [6.45, 7) is 9.55. The molecule has 52 valence electrons. The molecule has 1 heterocycles. The Balaban J connectivity index is 2.23. The zero-order valence-corrected chi connectivity index (χ0v) is 5.97.